The van der Waals surface area contributed by atoms with Crippen LogP contribution < -0.4 is 4.74 Å². The highest BCUT2D eigenvalue weighted by atomic mass is 16.5. The third-order valence-electron chi connectivity index (χ3n) is 3.90. The number of aliphatic hydroxyl groups excluding tert-OH is 1. The highest BCUT2D eigenvalue weighted by Crippen LogP contribution is 2.37. The molecule has 2 unspecified atom stereocenters. The maximum absolute atomic E-state index is 10.8. The van der Waals surface area contributed by atoms with Crippen LogP contribution in [0.15, 0.2) is 24.3 Å². The molecule has 0 fully saturated rings. The van der Waals surface area contributed by atoms with Gasteiger partial charge in [0.2, 0.25) is 0 Å². The van der Waals surface area contributed by atoms with Gasteiger partial charge in [0.05, 0.1) is 6.10 Å². The maximum atomic E-state index is 10.8. The van der Waals surface area contributed by atoms with Gasteiger partial charge in [-0.25, -0.2) is 0 Å². The van der Waals surface area contributed by atoms with E-state index in [1.54, 1.807) is 0 Å². The first kappa shape index (κ1) is 16.0. The van der Waals surface area contributed by atoms with Gasteiger partial charge in [-0.2, -0.15) is 0 Å². The average Bonchev–Trinajstić information content (AvgIpc) is 2.36. The molecule has 0 amide bonds. The summed E-state index contributed by atoms with van der Waals surface area (Å²) in [6.07, 6.45) is 0.375. The van der Waals surface area contributed by atoms with E-state index in [1.165, 1.54) is 0 Å². The Morgan fingerprint density at radius 3 is 2.32 bits per heavy atom. The quantitative estimate of drug-likeness (QED) is 0.857. The molecular weight excluding hydrogens is 238 g/mol. The third-order valence-corrected chi connectivity index (χ3v) is 3.90. The summed E-state index contributed by atoms with van der Waals surface area (Å²) in [5.41, 5.74) is 0.547. The van der Waals surface area contributed by atoms with Crippen molar-refractivity contribution in [1.29, 1.82) is 0 Å². The SMILES string of the molecule is CCC(C)(C(O)c1ccccc1OC(C)C)N(C)C. The fourth-order valence-corrected chi connectivity index (χ4v) is 2.16. The van der Waals surface area contributed by atoms with Gasteiger partial charge >= 0.3 is 0 Å². The Morgan fingerprint density at radius 2 is 1.84 bits per heavy atom. The smallest absolute Gasteiger partial charge is 0.125 e. The zero-order valence-corrected chi connectivity index (χ0v) is 13.0. The maximum Gasteiger partial charge on any atom is 0.125 e. The van der Waals surface area contributed by atoms with E-state index in [4.69, 9.17) is 4.74 Å². The van der Waals surface area contributed by atoms with Crippen molar-refractivity contribution in [3.63, 3.8) is 0 Å². The van der Waals surface area contributed by atoms with E-state index in [2.05, 4.69) is 18.7 Å². The number of aliphatic hydroxyl groups is 1. The highest BCUT2D eigenvalue weighted by Gasteiger charge is 2.36. The molecule has 19 heavy (non-hydrogen) atoms. The van der Waals surface area contributed by atoms with Crippen LogP contribution in [0.2, 0.25) is 0 Å². The topological polar surface area (TPSA) is 32.7 Å². The highest BCUT2D eigenvalue weighted by molar-refractivity contribution is 5.37. The molecule has 0 saturated carbocycles. The van der Waals surface area contributed by atoms with Gasteiger partial charge in [0.15, 0.2) is 0 Å². The first-order valence-electron chi connectivity index (χ1n) is 6.94. The number of hydrogen-bond donors (Lipinski definition) is 1. The average molecular weight is 265 g/mol. The normalized spacial score (nSPS) is 16.5. The van der Waals surface area contributed by atoms with Crippen LogP contribution in [0, 0.1) is 0 Å². The van der Waals surface area contributed by atoms with Crippen LogP contribution in [0.25, 0.3) is 0 Å². The molecule has 0 spiro atoms. The van der Waals surface area contributed by atoms with Gasteiger partial charge in [0, 0.05) is 11.1 Å². The van der Waals surface area contributed by atoms with E-state index >= 15 is 0 Å². The molecule has 0 saturated heterocycles. The second-order valence-corrected chi connectivity index (χ2v) is 5.71. The minimum Gasteiger partial charge on any atom is -0.491 e. The van der Waals surface area contributed by atoms with Crippen LogP contribution >= 0.6 is 0 Å². The zero-order valence-electron chi connectivity index (χ0n) is 13.0. The number of ether oxygens (including phenoxy) is 1. The van der Waals surface area contributed by atoms with E-state index in [0.29, 0.717) is 0 Å². The minimum absolute atomic E-state index is 0.0978. The number of rotatable bonds is 6. The number of likely N-dealkylation sites (N-methyl/N-ethyl adjacent to an activating group) is 1. The Labute approximate surface area is 117 Å². The number of benzene rings is 1. The summed E-state index contributed by atoms with van der Waals surface area (Å²) in [6.45, 7) is 8.15. The van der Waals surface area contributed by atoms with Crippen molar-refractivity contribution in [3.8, 4) is 5.75 Å². The summed E-state index contributed by atoms with van der Waals surface area (Å²) >= 11 is 0. The molecular formula is C16H27NO2. The lowest BCUT2D eigenvalue weighted by molar-refractivity contribution is -0.00116. The lowest BCUT2D eigenvalue weighted by atomic mass is 9.85. The van der Waals surface area contributed by atoms with Crippen LogP contribution in [0.5, 0.6) is 5.75 Å². The summed E-state index contributed by atoms with van der Waals surface area (Å²) in [5.74, 6) is 0.770. The molecule has 0 radical (unpaired) electrons. The second kappa shape index (κ2) is 6.40. The van der Waals surface area contributed by atoms with Crippen molar-refractivity contribution >= 4 is 0 Å². The van der Waals surface area contributed by atoms with E-state index in [-0.39, 0.29) is 11.6 Å². The molecule has 108 valence electrons. The molecule has 0 heterocycles. The molecule has 2 atom stereocenters. The summed E-state index contributed by atoms with van der Waals surface area (Å²) in [7, 11) is 4.00. The van der Waals surface area contributed by atoms with Crippen LogP contribution in [0.4, 0.5) is 0 Å². The lowest BCUT2D eigenvalue weighted by Crippen LogP contribution is -2.46. The summed E-state index contributed by atoms with van der Waals surface area (Å²) in [4.78, 5) is 2.07. The molecule has 0 aliphatic carbocycles. The molecule has 1 N–H and O–H groups in total. The van der Waals surface area contributed by atoms with Gasteiger partial charge in [0.25, 0.3) is 0 Å². The molecule has 1 aromatic rings. The lowest BCUT2D eigenvalue weighted by Gasteiger charge is -2.40. The van der Waals surface area contributed by atoms with Gasteiger partial charge < -0.3 is 14.7 Å². The standard InChI is InChI=1S/C16H27NO2/c1-7-16(4,17(5)6)15(18)13-10-8-9-11-14(13)19-12(2)3/h8-12,15,18H,7H2,1-6H3. The zero-order chi connectivity index (χ0) is 14.6. The van der Waals surface area contributed by atoms with Gasteiger partial charge in [-0.3, -0.25) is 0 Å². The monoisotopic (exact) mass is 265 g/mol. The number of hydrogen-bond acceptors (Lipinski definition) is 3. The molecule has 3 nitrogen and oxygen atoms in total. The molecule has 0 aliphatic rings. The second-order valence-electron chi connectivity index (χ2n) is 5.71. The van der Waals surface area contributed by atoms with Gasteiger partial charge in [-0.1, -0.05) is 25.1 Å². The molecule has 3 heteroatoms. The van der Waals surface area contributed by atoms with Crippen LogP contribution in [-0.2, 0) is 0 Å². The third kappa shape index (κ3) is 3.48. The Hall–Kier alpha value is -1.06. The molecule has 1 rings (SSSR count). The van der Waals surface area contributed by atoms with Crippen LogP contribution in [0.1, 0.15) is 45.8 Å². The fraction of sp³-hybridized carbons (Fsp3) is 0.625. The summed E-state index contributed by atoms with van der Waals surface area (Å²) in [5, 5.41) is 10.8. The van der Waals surface area contributed by atoms with Crippen molar-refractivity contribution in [1.82, 2.24) is 4.90 Å². The van der Waals surface area contributed by atoms with E-state index in [0.717, 1.165) is 17.7 Å². The van der Waals surface area contributed by atoms with Crippen molar-refractivity contribution in [3.05, 3.63) is 29.8 Å². The van der Waals surface area contributed by atoms with Gasteiger partial charge in [-0.05, 0) is 47.4 Å². The predicted molar refractivity (Wildman–Crippen MR) is 79.5 cm³/mol. The Morgan fingerprint density at radius 1 is 1.26 bits per heavy atom. The molecule has 1 aromatic carbocycles. The molecule has 0 aliphatic heterocycles. The van der Waals surface area contributed by atoms with Crippen molar-refractivity contribution in [2.24, 2.45) is 0 Å². The Kier molecular flexibility index (Phi) is 5.39. The Balaban J connectivity index is 3.14. The first-order chi connectivity index (χ1) is 8.82. The van der Waals surface area contributed by atoms with Crippen molar-refractivity contribution in [2.45, 2.75) is 51.9 Å². The van der Waals surface area contributed by atoms with E-state index in [9.17, 15) is 5.11 Å². The van der Waals surface area contributed by atoms with E-state index in [1.807, 2.05) is 52.2 Å². The van der Waals surface area contributed by atoms with Crippen LogP contribution in [0.3, 0.4) is 0 Å². The first-order valence-corrected chi connectivity index (χ1v) is 6.94. The number of para-hydroxylation sites is 1. The van der Waals surface area contributed by atoms with E-state index < -0.39 is 6.10 Å². The van der Waals surface area contributed by atoms with Crippen LogP contribution in [-0.4, -0.2) is 35.7 Å². The molecule has 0 bridgehead atoms. The van der Waals surface area contributed by atoms with Crippen molar-refractivity contribution in [2.75, 3.05) is 14.1 Å². The largest absolute Gasteiger partial charge is 0.491 e. The predicted octanol–water partition coefficient (Wildman–Crippen LogP) is 3.24. The number of nitrogens with zero attached hydrogens (tertiary/aromatic N) is 1. The van der Waals surface area contributed by atoms with Gasteiger partial charge in [0.1, 0.15) is 11.9 Å². The minimum atomic E-state index is -0.581. The van der Waals surface area contributed by atoms with Crippen molar-refractivity contribution < 1.29 is 9.84 Å². The van der Waals surface area contributed by atoms with Gasteiger partial charge in [-0.15, -0.1) is 0 Å². The summed E-state index contributed by atoms with van der Waals surface area (Å²) in [6, 6.07) is 7.74. The molecule has 0 aromatic heterocycles. The Bertz CT molecular complexity index is 403. The fourth-order valence-electron chi connectivity index (χ4n) is 2.16. The summed E-state index contributed by atoms with van der Waals surface area (Å²) < 4.78 is 5.81.